The Bertz CT molecular complexity index is 1160. The van der Waals surface area contributed by atoms with Crippen molar-refractivity contribution in [1.82, 2.24) is 14.7 Å². The molecule has 0 amide bonds. The zero-order valence-corrected chi connectivity index (χ0v) is 18.6. The molecule has 32 heavy (non-hydrogen) atoms. The van der Waals surface area contributed by atoms with Crippen LogP contribution in [0, 0.1) is 5.41 Å². The summed E-state index contributed by atoms with van der Waals surface area (Å²) >= 11 is 0. The van der Waals surface area contributed by atoms with Crippen molar-refractivity contribution in [2.24, 2.45) is 5.41 Å². The van der Waals surface area contributed by atoms with Gasteiger partial charge in [0.25, 0.3) is 0 Å². The molecule has 0 aliphatic heterocycles. The van der Waals surface area contributed by atoms with Gasteiger partial charge in [0, 0.05) is 35.7 Å². The summed E-state index contributed by atoms with van der Waals surface area (Å²) in [5.41, 5.74) is 2.42. The van der Waals surface area contributed by atoms with Gasteiger partial charge in [0.05, 0.1) is 6.20 Å². The second-order valence-corrected chi connectivity index (χ2v) is 10.1. The summed E-state index contributed by atoms with van der Waals surface area (Å²) in [6, 6.07) is 8.15. The highest BCUT2D eigenvalue weighted by Gasteiger charge is 2.52. The monoisotopic (exact) mass is 434 g/mol. The highest BCUT2D eigenvalue weighted by molar-refractivity contribution is 5.63. The van der Waals surface area contributed by atoms with Crippen LogP contribution in [0.5, 0.6) is 0 Å². The highest BCUT2D eigenvalue weighted by Crippen LogP contribution is 2.57. The molecule has 4 saturated carbocycles. The number of nitrogens with zero attached hydrogens (tertiary/aromatic N) is 3. The molecule has 0 unspecified atom stereocenters. The fourth-order valence-corrected chi connectivity index (χ4v) is 5.61. The lowest BCUT2D eigenvalue weighted by molar-refractivity contribution is 0.0322. The summed E-state index contributed by atoms with van der Waals surface area (Å²) in [4.78, 5) is 16.7. The van der Waals surface area contributed by atoms with Crippen LogP contribution in [-0.2, 0) is 12.0 Å². The van der Waals surface area contributed by atoms with Gasteiger partial charge in [-0.05, 0) is 75.8 Å². The van der Waals surface area contributed by atoms with E-state index in [1.165, 1.54) is 32.1 Å². The summed E-state index contributed by atoms with van der Waals surface area (Å²) in [7, 11) is 0. The van der Waals surface area contributed by atoms with Crippen molar-refractivity contribution in [3.05, 3.63) is 52.7 Å². The Balaban J connectivity index is 1.12. The second kappa shape index (κ2) is 7.36. The van der Waals surface area contributed by atoms with Crippen molar-refractivity contribution in [2.45, 2.75) is 76.2 Å². The van der Waals surface area contributed by atoms with Gasteiger partial charge in [-0.2, -0.15) is 4.98 Å². The van der Waals surface area contributed by atoms with Crippen LogP contribution < -0.4 is 11.1 Å². The predicted octanol–water partition coefficient (Wildman–Crippen LogP) is 5.09. The number of anilines is 1. The van der Waals surface area contributed by atoms with Gasteiger partial charge in [-0.25, -0.2) is 4.79 Å². The van der Waals surface area contributed by atoms with Gasteiger partial charge in [0.1, 0.15) is 0 Å². The molecule has 3 aromatic rings. The van der Waals surface area contributed by atoms with Crippen molar-refractivity contribution < 1.29 is 8.94 Å². The molecule has 0 atom stereocenters. The Morgan fingerprint density at radius 2 is 1.94 bits per heavy atom. The molecule has 0 spiro atoms. The lowest BCUT2D eigenvalue weighted by Gasteiger charge is -2.52. The third kappa shape index (κ3) is 3.38. The minimum atomic E-state index is -0.307. The number of nitrogens with one attached hydrogen (secondary N) is 1. The normalized spacial score (nSPS) is 27.0. The molecule has 4 aliphatic rings. The maximum atomic E-state index is 11.9. The smallest absolute Gasteiger partial charge is 0.408 e. The molecule has 7 rings (SSSR count). The molecule has 0 saturated heterocycles. The lowest BCUT2D eigenvalue weighted by Crippen LogP contribution is -2.47. The topological polar surface area (TPSA) is 86.1 Å². The molecule has 7 heteroatoms. The maximum absolute atomic E-state index is 11.9. The van der Waals surface area contributed by atoms with Crippen LogP contribution in [0.1, 0.15) is 75.9 Å². The number of oxazole rings is 1. The van der Waals surface area contributed by atoms with Gasteiger partial charge in [0.15, 0.2) is 11.6 Å². The zero-order valence-electron chi connectivity index (χ0n) is 18.6. The van der Waals surface area contributed by atoms with E-state index >= 15 is 0 Å². The third-order valence-electron chi connectivity index (χ3n) is 8.10. The predicted molar refractivity (Wildman–Crippen MR) is 121 cm³/mol. The Labute approximate surface area is 187 Å². The Kier molecular flexibility index (Phi) is 4.56. The van der Waals surface area contributed by atoms with Crippen LogP contribution in [-0.4, -0.2) is 21.3 Å². The zero-order chi connectivity index (χ0) is 21.8. The first-order chi connectivity index (χ1) is 15.6. The number of rotatable bonds is 7. The summed E-state index contributed by atoms with van der Waals surface area (Å²) < 4.78 is 12.8. The highest BCUT2D eigenvalue weighted by atomic mass is 16.5. The van der Waals surface area contributed by atoms with E-state index in [0.717, 1.165) is 48.8 Å². The standard InChI is InChI=1S/C25H30N4O3/c1-2-29-15-20(31-23(29)30)18-4-3-5-19(14-18)26-16-24-8-11-25(12-9-24,13-10-24)22-27-21(28-32-22)17-6-7-17/h3-5,14-15,17,26H,2,6-13,16H2,1H3. The number of hydrogen-bond acceptors (Lipinski definition) is 6. The Hall–Kier alpha value is -2.83. The number of aryl methyl sites for hydroxylation is 1. The molecule has 2 bridgehead atoms. The summed E-state index contributed by atoms with van der Waals surface area (Å²) in [5, 5.41) is 7.95. The molecule has 4 aliphatic carbocycles. The number of hydrogen-bond donors (Lipinski definition) is 1. The van der Waals surface area contributed by atoms with E-state index < -0.39 is 0 Å². The van der Waals surface area contributed by atoms with Crippen LogP contribution in [0.4, 0.5) is 5.69 Å². The van der Waals surface area contributed by atoms with Crippen LogP contribution in [0.3, 0.4) is 0 Å². The molecular formula is C25H30N4O3. The molecule has 7 nitrogen and oxygen atoms in total. The van der Waals surface area contributed by atoms with Crippen LogP contribution in [0.25, 0.3) is 11.3 Å². The molecule has 1 N–H and O–H groups in total. The van der Waals surface area contributed by atoms with Crippen molar-refractivity contribution in [1.29, 1.82) is 0 Å². The van der Waals surface area contributed by atoms with Crippen LogP contribution >= 0.6 is 0 Å². The van der Waals surface area contributed by atoms with Gasteiger partial charge >= 0.3 is 5.76 Å². The SMILES string of the molecule is CCn1cc(-c2cccc(NCC34CCC(c5nc(C6CC6)no5)(CC3)CC4)c2)oc1=O. The number of fused-ring (bicyclic) bond motifs is 3. The largest absolute Gasteiger partial charge is 0.419 e. The van der Waals surface area contributed by atoms with E-state index in [0.29, 0.717) is 23.6 Å². The van der Waals surface area contributed by atoms with Gasteiger partial charge in [-0.1, -0.05) is 17.3 Å². The second-order valence-electron chi connectivity index (χ2n) is 10.1. The number of benzene rings is 1. The average molecular weight is 435 g/mol. The lowest BCUT2D eigenvalue weighted by atomic mass is 9.53. The first-order valence-electron chi connectivity index (χ1n) is 12.0. The van der Waals surface area contributed by atoms with E-state index in [9.17, 15) is 4.79 Å². The minimum Gasteiger partial charge on any atom is -0.408 e. The first-order valence-corrected chi connectivity index (χ1v) is 12.0. The fourth-order valence-electron chi connectivity index (χ4n) is 5.61. The number of aromatic nitrogens is 3. The molecule has 168 valence electrons. The van der Waals surface area contributed by atoms with Gasteiger partial charge in [-0.15, -0.1) is 0 Å². The molecule has 4 fully saturated rings. The van der Waals surface area contributed by atoms with E-state index in [4.69, 9.17) is 13.9 Å². The Morgan fingerprint density at radius 1 is 1.16 bits per heavy atom. The molecule has 0 radical (unpaired) electrons. The summed E-state index contributed by atoms with van der Waals surface area (Å²) in [6.45, 7) is 3.50. The first kappa shape index (κ1) is 19.8. The van der Waals surface area contributed by atoms with Crippen molar-refractivity contribution >= 4 is 5.69 Å². The molecule has 2 heterocycles. The Morgan fingerprint density at radius 3 is 2.62 bits per heavy atom. The quantitative estimate of drug-likeness (QED) is 0.557. The van der Waals surface area contributed by atoms with Gasteiger partial charge in [0.2, 0.25) is 5.89 Å². The van der Waals surface area contributed by atoms with E-state index in [1.807, 2.05) is 19.1 Å². The van der Waals surface area contributed by atoms with E-state index in [1.54, 1.807) is 10.8 Å². The van der Waals surface area contributed by atoms with Crippen molar-refractivity contribution in [3.63, 3.8) is 0 Å². The average Bonchev–Trinajstić information content (AvgIpc) is 3.43. The third-order valence-corrected chi connectivity index (χ3v) is 8.10. The van der Waals surface area contributed by atoms with Gasteiger partial charge < -0.3 is 14.3 Å². The van der Waals surface area contributed by atoms with Crippen molar-refractivity contribution in [3.8, 4) is 11.3 Å². The maximum Gasteiger partial charge on any atom is 0.419 e. The molecule has 1 aromatic carbocycles. The van der Waals surface area contributed by atoms with Crippen LogP contribution in [0.15, 0.2) is 44.2 Å². The molecule has 2 aromatic heterocycles. The van der Waals surface area contributed by atoms with Crippen molar-refractivity contribution in [2.75, 3.05) is 11.9 Å². The van der Waals surface area contributed by atoms with Crippen LogP contribution in [0.2, 0.25) is 0 Å². The minimum absolute atomic E-state index is 0.103. The fraction of sp³-hybridized carbons (Fsp3) is 0.560. The summed E-state index contributed by atoms with van der Waals surface area (Å²) in [5.74, 6) is 2.68. The van der Waals surface area contributed by atoms with Gasteiger partial charge in [-0.3, -0.25) is 4.57 Å². The van der Waals surface area contributed by atoms with E-state index in [-0.39, 0.29) is 11.2 Å². The summed E-state index contributed by atoms with van der Waals surface area (Å²) in [6.07, 6.45) is 11.2. The van der Waals surface area contributed by atoms with E-state index in [2.05, 4.69) is 22.6 Å². The molecular weight excluding hydrogens is 404 g/mol.